The van der Waals surface area contributed by atoms with Gasteiger partial charge < -0.3 is 4.98 Å². The van der Waals surface area contributed by atoms with Gasteiger partial charge in [0.15, 0.2) is 0 Å². The first kappa shape index (κ1) is 23.9. The smallest absolute Gasteiger partial charge is 0.287 e. The summed E-state index contributed by atoms with van der Waals surface area (Å²) in [6.07, 6.45) is 3.93. The second-order valence-electron chi connectivity index (χ2n) is 6.92. The predicted octanol–water partition coefficient (Wildman–Crippen LogP) is 1.70. The van der Waals surface area contributed by atoms with Crippen molar-refractivity contribution in [3.8, 4) is 11.8 Å². The second-order valence-corrected chi connectivity index (χ2v) is 8.83. The lowest BCUT2D eigenvalue weighted by molar-refractivity contribution is 0.490. The number of pyridine rings is 2. The van der Waals surface area contributed by atoms with Crippen LogP contribution in [0.4, 0.5) is 0 Å². The molecule has 0 bridgehead atoms. The predicted molar refractivity (Wildman–Crippen MR) is 125 cm³/mol. The molecule has 0 radical (unpaired) electrons. The van der Waals surface area contributed by atoms with Gasteiger partial charge in [0.05, 0.1) is 11.8 Å². The van der Waals surface area contributed by atoms with Gasteiger partial charge in [0.1, 0.15) is 16.9 Å². The zero-order valence-corrected chi connectivity index (χ0v) is 18.9. The van der Waals surface area contributed by atoms with Crippen molar-refractivity contribution in [3.63, 3.8) is 0 Å². The summed E-state index contributed by atoms with van der Waals surface area (Å²) in [6, 6.07) is 7.41. The van der Waals surface area contributed by atoms with Gasteiger partial charge in [0.25, 0.3) is 21.2 Å². The molecular formula is C21H17ClN4O6S. The molecule has 0 spiro atoms. The van der Waals surface area contributed by atoms with E-state index >= 15 is 0 Å². The van der Waals surface area contributed by atoms with Crippen LogP contribution in [0.2, 0.25) is 5.02 Å². The third kappa shape index (κ3) is 5.75. The number of H-pyrrole nitrogens is 2. The number of nitrogens with one attached hydrogen (secondary N) is 2. The molecule has 0 aliphatic rings. The largest absolute Gasteiger partial charge is 0.350 e. The van der Waals surface area contributed by atoms with Gasteiger partial charge in [-0.1, -0.05) is 23.4 Å². The molecule has 0 saturated heterocycles. The maximum Gasteiger partial charge on any atom is 0.287 e. The molecule has 4 rings (SSSR count). The minimum atomic E-state index is -3.67. The van der Waals surface area contributed by atoms with E-state index in [1.165, 1.54) is 12.1 Å². The molecule has 170 valence electrons. The van der Waals surface area contributed by atoms with Gasteiger partial charge in [-0.25, -0.2) is 4.68 Å². The molecular weight excluding hydrogens is 472 g/mol. The van der Waals surface area contributed by atoms with Crippen molar-refractivity contribution in [2.75, 3.05) is 6.26 Å². The van der Waals surface area contributed by atoms with Crippen molar-refractivity contribution in [2.24, 2.45) is 0 Å². The van der Waals surface area contributed by atoms with Crippen LogP contribution in [0.25, 0.3) is 21.8 Å². The van der Waals surface area contributed by atoms with E-state index in [-0.39, 0.29) is 16.3 Å². The van der Waals surface area contributed by atoms with Gasteiger partial charge >= 0.3 is 0 Å². The highest BCUT2D eigenvalue weighted by Crippen LogP contribution is 2.16. The van der Waals surface area contributed by atoms with Crippen LogP contribution in [0.1, 0.15) is 18.5 Å². The van der Waals surface area contributed by atoms with Crippen LogP contribution in [0.15, 0.2) is 57.1 Å². The van der Waals surface area contributed by atoms with E-state index in [9.17, 15) is 22.8 Å². The lowest BCUT2D eigenvalue weighted by atomic mass is 10.1. The monoisotopic (exact) mass is 488 g/mol. The Bertz CT molecular complexity index is 1690. The van der Waals surface area contributed by atoms with E-state index in [2.05, 4.69) is 26.9 Å². The first-order valence-corrected chi connectivity index (χ1v) is 11.5. The number of benzene rings is 1. The number of aromatic amines is 2. The number of hydrogen-bond acceptors (Lipinski definition) is 6. The summed E-state index contributed by atoms with van der Waals surface area (Å²) in [6.45, 7) is 1.66. The third-order valence-corrected chi connectivity index (χ3v) is 4.57. The number of rotatable bonds is 1. The van der Waals surface area contributed by atoms with Gasteiger partial charge in [0.2, 0.25) is 5.43 Å². The molecule has 0 aliphatic heterocycles. The Morgan fingerprint density at radius 1 is 1.15 bits per heavy atom. The van der Waals surface area contributed by atoms with Crippen molar-refractivity contribution in [1.82, 2.24) is 19.7 Å². The molecule has 1 unspecified atom stereocenters. The van der Waals surface area contributed by atoms with Gasteiger partial charge in [0, 0.05) is 28.4 Å². The fourth-order valence-electron chi connectivity index (χ4n) is 2.93. The number of hydrogen-bond donors (Lipinski definition) is 3. The highest BCUT2D eigenvalue weighted by molar-refractivity contribution is 7.85. The zero-order valence-electron chi connectivity index (χ0n) is 17.3. The molecule has 0 aliphatic carbocycles. The summed E-state index contributed by atoms with van der Waals surface area (Å²) in [5.74, 6) is 5.81. The van der Waals surface area contributed by atoms with Crippen molar-refractivity contribution >= 4 is 43.5 Å². The lowest BCUT2D eigenvalue weighted by Crippen LogP contribution is -2.35. The van der Waals surface area contributed by atoms with Crippen LogP contribution in [0.3, 0.4) is 0 Å². The Morgan fingerprint density at radius 2 is 1.79 bits per heavy atom. The Labute approximate surface area is 191 Å². The van der Waals surface area contributed by atoms with Crippen LogP contribution in [0.5, 0.6) is 0 Å². The SMILES string of the molecule is CC(C#Cc1ccncc1)n1[nH]c(=O)c2[nH]c3cc(Cl)ccc3c(=O)c2c1=O.CS(=O)(=O)O. The van der Waals surface area contributed by atoms with E-state index in [0.717, 1.165) is 10.2 Å². The van der Waals surface area contributed by atoms with E-state index < -0.39 is 32.7 Å². The number of fused-ring (bicyclic) bond motifs is 2. The van der Waals surface area contributed by atoms with E-state index in [0.29, 0.717) is 16.8 Å². The standard InChI is InChI=1S/C20H13ClN4O3.CH4O3S/c1-11(2-3-12-6-8-22-9-7-12)25-20(28)16-17(19(27)24-25)23-15-10-13(21)4-5-14(15)18(16)26;1-5(2,3)4/h4-11H,1H3,(H,23,26)(H,24,27);1H3,(H,2,3,4). The van der Waals surface area contributed by atoms with Crippen LogP contribution in [0, 0.1) is 11.8 Å². The van der Waals surface area contributed by atoms with E-state index in [1.807, 2.05) is 0 Å². The molecule has 0 saturated carbocycles. The minimum Gasteiger partial charge on any atom is -0.350 e. The fraction of sp³-hybridized carbons (Fsp3) is 0.143. The Hall–Kier alpha value is -3.72. The van der Waals surface area contributed by atoms with Gasteiger partial charge in [-0.15, -0.1) is 0 Å². The molecule has 3 aromatic heterocycles. The molecule has 0 fully saturated rings. The summed E-state index contributed by atoms with van der Waals surface area (Å²) in [7, 11) is -3.67. The maximum atomic E-state index is 12.9. The first-order chi connectivity index (χ1) is 15.5. The average Bonchev–Trinajstić information content (AvgIpc) is 2.73. The van der Waals surface area contributed by atoms with E-state index in [1.54, 1.807) is 37.5 Å². The van der Waals surface area contributed by atoms with Crippen LogP contribution < -0.4 is 16.5 Å². The molecule has 1 aromatic carbocycles. The van der Waals surface area contributed by atoms with Gasteiger partial charge in [-0.05, 0) is 37.3 Å². The number of nitrogens with zero attached hydrogens (tertiary/aromatic N) is 2. The maximum absolute atomic E-state index is 12.9. The summed E-state index contributed by atoms with van der Waals surface area (Å²) in [4.78, 5) is 45.1. The lowest BCUT2D eigenvalue weighted by Gasteiger charge is -2.10. The molecule has 1 atom stereocenters. The second kappa shape index (κ2) is 9.41. The normalized spacial score (nSPS) is 11.9. The van der Waals surface area contributed by atoms with Crippen molar-refractivity contribution < 1.29 is 13.0 Å². The van der Waals surface area contributed by atoms with Crippen LogP contribution >= 0.6 is 11.6 Å². The van der Waals surface area contributed by atoms with Crippen molar-refractivity contribution in [3.05, 3.63) is 84.2 Å². The molecule has 33 heavy (non-hydrogen) atoms. The molecule has 0 amide bonds. The summed E-state index contributed by atoms with van der Waals surface area (Å²) in [5, 5.41) is 2.97. The summed E-state index contributed by atoms with van der Waals surface area (Å²) < 4.78 is 26.9. The molecule has 3 N–H and O–H groups in total. The van der Waals surface area contributed by atoms with E-state index in [4.69, 9.17) is 16.2 Å². The Balaban J connectivity index is 0.000000555. The molecule has 3 heterocycles. The highest BCUT2D eigenvalue weighted by atomic mass is 35.5. The minimum absolute atomic E-state index is 0.0877. The summed E-state index contributed by atoms with van der Waals surface area (Å²) in [5.41, 5.74) is -0.720. The number of aromatic nitrogens is 4. The zero-order chi connectivity index (χ0) is 24.3. The quantitative estimate of drug-likeness (QED) is 0.209. The number of halogens is 1. The van der Waals surface area contributed by atoms with Gasteiger partial charge in [-0.3, -0.25) is 29.0 Å². The Kier molecular flexibility index (Phi) is 6.83. The van der Waals surface area contributed by atoms with Gasteiger partial charge in [-0.2, -0.15) is 8.42 Å². The molecule has 10 nitrogen and oxygen atoms in total. The first-order valence-electron chi connectivity index (χ1n) is 9.30. The van der Waals surface area contributed by atoms with Crippen LogP contribution in [-0.4, -0.2) is 39.0 Å². The molecule has 4 aromatic rings. The Morgan fingerprint density at radius 3 is 2.42 bits per heavy atom. The third-order valence-electron chi connectivity index (χ3n) is 4.34. The molecule has 12 heteroatoms. The topological polar surface area (TPSA) is 155 Å². The van der Waals surface area contributed by atoms with Crippen LogP contribution in [-0.2, 0) is 10.1 Å². The summed E-state index contributed by atoms with van der Waals surface area (Å²) >= 11 is 5.95. The highest BCUT2D eigenvalue weighted by Gasteiger charge is 2.16. The van der Waals surface area contributed by atoms with Crippen molar-refractivity contribution in [2.45, 2.75) is 13.0 Å². The average molecular weight is 489 g/mol. The van der Waals surface area contributed by atoms with Crippen molar-refractivity contribution in [1.29, 1.82) is 0 Å². The fourth-order valence-corrected chi connectivity index (χ4v) is 3.11.